The lowest BCUT2D eigenvalue weighted by molar-refractivity contribution is -0.135. The van der Waals surface area contributed by atoms with Crippen LogP contribution in [0.1, 0.15) is 13.8 Å². The molecular weight excluding hydrogens is 300 g/mol. The van der Waals surface area contributed by atoms with Crippen molar-refractivity contribution in [2.24, 2.45) is 5.41 Å². The number of anilines is 2. The number of amides is 2. The molecular formula is C17H17ClN2O2. The highest BCUT2D eigenvalue weighted by Crippen LogP contribution is 2.25. The maximum atomic E-state index is 12.4. The lowest BCUT2D eigenvalue weighted by Gasteiger charge is -2.23. The third kappa shape index (κ3) is 3.65. The largest absolute Gasteiger partial charge is 0.325 e. The van der Waals surface area contributed by atoms with Crippen molar-refractivity contribution in [3.8, 4) is 0 Å². The highest BCUT2D eigenvalue weighted by Gasteiger charge is 2.36. The quantitative estimate of drug-likeness (QED) is 0.839. The van der Waals surface area contributed by atoms with Gasteiger partial charge in [0, 0.05) is 5.69 Å². The van der Waals surface area contributed by atoms with Crippen molar-refractivity contribution < 1.29 is 9.59 Å². The number of carbonyl (C=O) groups is 2. The lowest BCUT2D eigenvalue weighted by Crippen LogP contribution is -2.41. The molecule has 0 radical (unpaired) electrons. The second-order valence-electron chi connectivity index (χ2n) is 5.38. The van der Waals surface area contributed by atoms with Crippen LogP contribution in [0.4, 0.5) is 11.4 Å². The minimum Gasteiger partial charge on any atom is -0.325 e. The van der Waals surface area contributed by atoms with E-state index in [1.807, 2.05) is 18.2 Å². The highest BCUT2D eigenvalue weighted by molar-refractivity contribution is 6.34. The second kappa shape index (κ2) is 6.62. The molecule has 0 aliphatic carbocycles. The zero-order valence-electron chi connectivity index (χ0n) is 12.4. The van der Waals surface area contributed by atoms with Crippen LogP contribution in [0.15, 0.2) is 54.6 Å². The van der Waals surface area contributed by atoms with Gasteiger partial charge in [0.05, 0.1) is 10.7 Å². The Hall–Kier alpha value is -2.33. The maximum absolute atomic E-state index is 12.4. The van der Waals surface area contributed by atoms with E-state index in [1.165, 1.54) is 0 Å². The Kier molecular flexibility index (Phi) is 4.83. The van der Waals surface area contributed by atoms with Gasteiger partial charge in [-0.25, -0.2) is 0 Å². The topological polar surface area (TPSA) is 58.2 Å². The van der Waals surface area contributed by atoms with Crippen LogP contribution in [0.25, 0.3) is 0 Å². The van der Waals surface area contributed by atoms with Crippen LogP contribution < -0.4 is 10.6 Å². The Morgan fingerprint density at radius 2 is 1.41 bits per heavy atom. The Morgan fingerprint density at radius 1 is 0.864 bits per heavy atom. The van der Waals surface area contributed by atoms with E-state index in [-0.39, 0.29) is 5.91 Å². The number of halogens is 1. The molecule has 0 fully saturated rings. The standard InChI is InChI=1S/C17H17ClN2O2/c1-17(2,15(21)19-12-8-4-3-5-9-12)16(22)20-14-11-7-6-10-13(14)18/h3-11H,1-2H3,(H,19,21)(H,20,22). The molecule has 0 unspecified atom stereocenters. The molecule has 0 aromatic heterocycles. The molecule has 22 heavy (non-hydrogen) atoms. The van der Waals surface area contributed by atoms with Gasteiger partial charge in [-0.15, -0.1) is 0 Å². The number of carbonyl (C=O) groups excluding carboxylic acids is 2. The Labute approximate surface area is 134 Å². The number of rotatable bonds is 4. The minimum absolute atomic E-state index is 0.386. The van der Waals surface area contributed by atoms with Crippen molar-refractivity contribution in [2.75, 3.05) is 10.6 Å². The van der Waals surface area contributed by atoms with Gasteiger partial charge in [-0.1, -0.05) is 41.9 Å². The molecule has 2 amide bonds. The average Bonchev–Trinajstić information content (AvgIpc) is 2.50. The molecule has 5 heteroatoms. The first-order valence-electron chi connectivity index (χ1n) is 6.84. The molecule has 0 bridgehead atoms. The van der Waals surface area contributed by atoms with Crippen LogP contribution in [0.3, 0.4) is 0 Å². The molecule has 114 valence electrons. The van der Waals surface area contributed by atoms with Gasteiger partial charge in [-0.3, -0.25) is 9.59 Å². The summed E-state index contributed by atoms with van der Waals surface area (Å²) in [5.74, 6) is -0.808. The van der Waals surface area contributed by atoms with Crippen molar-refractivity contribution in [3.05, 3.63) is 59.6 Å². The molecule has 2 aromatic carbocycles. The summed E-state index contributed by atoms with van der Waals surface area (Å²) in [6, 6.07) is 15.9. The van der Waals surface area contributed by atoms with Gasteiger partial charge >= 0.3 is 0 Å². The summed E-state index contributed by atoms with van der Waals surface area (Å²) in [6.45, 7) is 3.13. The van der Waals surface area contributed by atoms with Gasteiger partial charge in [-0.2, -0.15) is 0 Å². The predicted molar refractivity (Wildman–Crippen MR) is 88.9 cm³/mol. The first kappa shape index (κ1) is 16.0. The Bertz CT molecular complexity index is 684. The van der Waals surface area contributed by atoms with Crippen molar-refractivity contribution in [2.45, 2.75) is 13.8 Å². The average molecular weight is 317 g/mol. The van der Waals surface area contributed by atoms with Gasteiger partial charge in [0.15, 0.2) is 0 Å². The third-order valence-corrected chi connectivity index (χ3v) is 3.62. The number of para-hydroxylation sites is 2. The summed E-state index contributed by atoms with van der Waals surface area (Å²) in [5.41, 5.74) is -0.115. The van der Waals surface area contributed by atoms with Crippen LogP contribution in [0.2, 0.25) is 5.02 Å². The Morgan fingerprint density at radius 3 is 2.05 bits per heavy atom. The first-order chi connectivity index (χ1) is 10.4. The van der Waals surface area contributed by atoms with E-state index >= 15 is 0 Å². The zero-order chi connectivity index (χ0) is 16.2. The van der Waals surface area contributed by atoms with Crippen LogP contribution in [-0.2, 0) is 9.59 Å². The second-order valence-corrected chi connectivity index (χ2v) is 5.79. The fraction of sp³-hybridized carbons (Fsp3) is 0.176. The van der Waals surface area contributed by atoms with Gasteiger partial charge in [-0.05, 0) is 38.1 Å². The molecule has 0 spiro atoms. The summed E-state index contributed by atoms with van der Waals surface area (Å²) in [7, 11) is 0. The highest BCUT2D eigenvalue weighted by atomic mass is 35.5. The normalized spacial score (nSPS) is 10.9. The monoisotopic (exact) mass is 316 g/mol. The predicted octanol–water partition coefficient (Wildman–Crippen LogP) is 3.94. The van der Waals surface area contributed by atoms with Crippen LogP contribution >= 0.6 is 11.6 Å². The van der Waals surface area contributed by atoms with E-state index in [9.17, 15) is 9.59 Å². The molecule has 0 atom stereocenters. The number of benzene rings is 2. The molecule has 2 rings (SSSR count). The molecule has 2 aromatic rings. The van der Waals surface area contributed by atoms with E-state index in [4.69, 9.17) is 11.6 Å². The summed E-state index contributed by atoms with van der Waals surface area (Å²) < 4.78 is 0. The maximum Gasteiger partial charge on any atom is 0.239 e. The summed E-state index contributed by atoms with van der Waals surface area (Å²) in [6.07, 6.45) is 0. The lowest BCUT2D eigenvalue weighted by atomic mass is 9.90. The summed E-state index contributed by atoms with van der Waals surface area (Å²) in [4.78, 5) is 24.7. The number of nitrogens with one attached hydrogen (secondary N) is 2. The summed E-state index contributed by atoms with van der Waals surface area (Å²) >= 11 is 6.01. The molecule has 4 nitrogen and oxygen atoms in total. The number of hydrogen-bond acceptors (Lipinski definition) is 2. The molecule has 2 N–H and O–H groups in total. The van der Waals surface area contributed by atoms with E-state index in [0.29, 0.717) is 16.4 Å². The molecule has 0 aliphatic rings. The van der Waals surface area contributed by atoms with E-state index < -0.39 is 11.3 Å². The fourth-order valence-electron chi connectivity index (χ4n) is 1.75. The molecule has 0 saturated carbocycles. The fourth-order valence-corrected chi connectivity index (χ4v) is 1.94. The van der Waals surface area contributed by atoms with Gasteiger partial charge in [0.25, 0.3) is 0 Å². The van der Waals surface area contributed by atoms with E-state index in [0.717, 1.165) is 0 Å². The van der Waals surface area contributed by atoms with Gasteiger partial charge < -0.3 is 10.6 Å². The minimum atomic E-state index is -1.24. The van der Waals surface area contributed by atoms with Gasteiger partial charge in [0.2, 0.25) is 11.8 Å². The van der Waals surface area contributed by atoms with E-state index in [1.54, 1.807) is 50.2 Å². The number of hydrogen-bond donors (Lipinski definition) is 2. The van der Waals surface area contributed by atoms with Crippen molar-refractivity contribution >= 4 is 34.8 Å². The Balaban J connectivity index is 2.10. The van der Waals surface area contributed by atoms with Gasteiger partial charge in [0.1, 0.15) is 5.41 Å². The van der Waals surface area contributed by atoms with Crippen molar-refractivity contribution in [1.82, 2.24) is 0 Å². The first-order valence-corrected chi connectivity index (χ1v) is 7.21. The SMILES string of the molecule is CC(C)(C(=O)Nc1ccccc1)C(=O)Nc1ccccc1Cl. The third-order valence-electron chi connectivity index (χ3n) is 3.29. The van der Waals surface area contributed by atoms with Crippen molar-refractivity contribution in [3.63, 3.8) is 0 Å². The molecule has 0 aliphatic heterocycles. The van der Waals surface area contributed by atoms with Crippen LogP contribution in [0.5, 0.6) is 0 Å². The van der Waals surface area contributed by atoms with Crippen molar-refractivity contribution in [1.29, 1.82) is 0 Å². The zero-order valence-corrected chi connectivity index (χ0v) is 13.1. The molecule has 0 saturated heterocycles. The molecule has 0 heterocycles. The van der Waals surface area contributed by atoms with Crippen LogP contribution in [0, 0.1) is 5.41 Å². The summed E-state index contributed by atoms with van der Waals surface area (Å²) in [5, 5.41) is 5.84. The smallest absolute Gasteiger partial charge is 0.239 e. The van der Waals surface area contributed by atoms with Crippen LogP contribution in [-0.4, -0.2) is 11.8 Å². The van der Waals surface area contributed by atoms with E-state index in [2.05, 4.69) is 10.6 Å².